The predicted molar refractivity (Wildman–Crippen MR) is 67.3 cm³/mol. The highest BCUT2D eigenvalue weighted by atomic mass is 16.2. The number of carbonyl (C=O) groups is 2. The van der Waals surface area contributed by atoms with Crippen LogP contribution < -0.4 is 10.6 Å². The molecule has 0 aliphatic rings. The number of carbonyl (C=O) groups excluding carboxylic acids is 2. The van der Waals surface area contributed by atoms with Crippen LogP contribution in [-0.4, -0.2) is 21.8 Å². The Morgan fingerprint density at radius 2 is 1.94 bits per heavy atom. The monoisotopic (exact) mass is 244 g/mol. The summed E-state index contributed by atoms with van der Waals surface area (Å²) in [5, 5.41) is 5.34. The lowest BCUT2D eigenvalue weighted by Gasteiger charge is -2.06. The van der Waals surface area contributed by atoms with E-state index in [4.69, 9.17) is 0 Å². The van der Waals surface area contributed by atoms with Gasteiger partial charge in [0.05, 0.1) is 12.5 Å². The molecule has 0 unspecified atom stereocenters. The van der Waals surface area contributed by atoms with Crippen LogP contribution >= 0.6 is 0 Å². The first-order valence-corrected chi connectivity index (χ1v) is 5.32. The molecule has 2 amide bonds. The van der Waals surface area contributed by atoms with E-state index in [0.717, 1.165) is 0 Å². The fourth-order valence-electron chi connectivity index (χ4n) is 1.46. The summed E-state index contributed by atoms with van der Waals surface area (Å²) in [4.78, 5) is 29.1. The molecule has 0 bridgehead atoms. The van der Waals surface area contributed by atoms with Crippen molar-refractivity contribution in [3.63, 3.8) is 0 Å². The number of aromatic nitrogens is 2. The quantitative estimate of drug-likeness (QED) is 0.766. The molecular weight excluding hydrogens is 232 g/mol. The van der Waals surface area contributed by atoms with Gasteiger partial charge >= 0.3 is 0 Å². The van der Waals surface area contributed by atoms with Crippen molar-refractivity contribution in [2.24, 2.45) is 0 Å². The van der Waals surface area contributed by atoms with Gasteiger partial charge in [-0.2, -0.15) is 0 Å². The maximum Gasteiger partial charge on any atom is 0.273 e. The normalized spacial score (nSPS) is 9.83. The van der Waals surface area contributed by atoms with E-state index in [2.05, 4.69) is 20.6 Å². The Balaban J connectivity index is 2.10. The van der Waals surface area contributed by atoms with Crippen molar-refractivity contribution in [3.8, 4) is 0 Å². The molecule has 1 aromatic heterocycles. The van der Waals surface area contributed by atoms with Gasteiger partial charge in [-0.3, -0.25) is 9.59 Å². The van der Waals surface area contributed by atoms with E-state index >= 15 is 0 Å². The average molecular weight is 244 g/mol. The minimum absolute atomic E-state index is 0.160. The predicted octanol–water partition coefficient (Wildman–Crippen LogP) is 1.62. The molecule has 0 radical (unpaired) electrons. The third-order valence-electron chi connectivity index (χ3n) is 2.18. The summed E-state index contributed by atoms with van der Waals surface area (Å²) in [6.07, 6.45) is 2.87. The number of rotatable bonds is 3. The topological polar surface area (TPSA) is 86.9 Å². The first kappa shape index (κ1) is 11.8. The van der Waals surface area contributed by atoms with E-state index in [1.807, 2.05) is 0 Å². The molecule has 0 atom stereocenters. The van der Waals surface area contributed by atoms with Gasteiger partial charge in [0.2, 0.25) is 5.91 Å². The van der Waals surface area contributed by atoms with Gasteiger partial charge in [-0.15, -0.1) is 0 Å². The van der Waals surface area contributed by atoms with Crippen molar-refractivity contribution in [2.45, 2.75) is 6.92 Å². The molecular formula is C12H12N4O2. The first-order chi connectivity index (χ1) is 8.65. The Morgan fingerprint density at radius 3 is 2.56 bits per heavy atom. The number of nitrogens with one attached hydrogen (secondary N) is 3. The van der Waals surface area contributed by atoms with Gasteiger partial charge in [0.25, 0.3) is 5.91 Å². The molecule has 18 heavy (non-hydrogen) atoms. The SMILES string of the molecule is CC(=O)Nc1cccc(NC(=O)c2cnc[nH]2)c1. The number of H-pyrrole nitrogens is 1. The van der Waals surface area contributed by atoms with Crippen LogP contribution in [0.1, 0.15) is 17.4 Å². The second-order valence-electron chi connectivity index (χ2n) is 3.68. The van der Waals surface area contributed by atoms with Crippen molar-refractivity contribution < 1.29 is 9.59 Å². The second kappa shape index (κ2) is 5.13. The minimum Gasteiger partial charge on any atom is -0.341 e. The zero-order valence-corrected chi connectivity index (χ0v) is 9.73. The number of hydrogen-bond acceptors (Lipinski definition) is 3. The van der Waals surface area contributed by atoms with E-state index in [1.54, 1.807) is 24.3 Å². The van der Waals surface area contributed by atoms with Crippen LogP contribution in [0.25, 0.3) is 0 Å². The summed E-state index contributed by atoms with van der Waals surface area (Å²) < 4.78 is 0. The summed E-state index contributed by atoms with van der Waals surface area (Å²) in [6, 6.07) is 6.90. The molecule has 0 aliphatic heterocycles. The number of benzene rings is 1. The maximum atomic E-state index is 11.7. The molecule has 1 heterocycles. The summed E-state index contributed by atoms with van der Waals surface area (Å²) in [7, 11) is 0. The van der Waals surface area contributed by atoms with Gasteiger partial charge in [0.1, 0.15) is 5.69 Å². The van der Waals surface area contributed by atoms with Gasteiger partial charge < -0.3 is 15.6 Å². The molecule has 6 nitrogen and oxygen atoms in total. The Labute approximate surface area is 103 Å². The zero-order chi connectivity index (χ0) is 13.0. The second-order valence-corrected chi connectivity index (χ2v) is 3.68. The Hall–Kier alpha value is -2.63. The molecule has 0 saturated carbocycles. The standard InChI is InChI=1S/C12H12N4O2/c1-8(17)15-9-3-2-4-10(5-9)16-12(18)11-6-13-7-14-11/h2-7H,1H3,(H,13,14)(H,15,17)(H,16,18). The van der Waals surface area contributed by atoms with Crippen LogP contribution in [0.4, 0.5) is 11.4 Å². The van der Waals surface area contributed by atoms with Gasteiger partial charge in [-0.05, 0) is 18.2 Å². The Bertz CT molecular complexity index is 563. The molecule has 0 saturated heterocycles. The minimum atomic E-state index is -0.285. The van der Waals surface area contributed by atoms with E-state index < -0.39 is 0 Å². The molecule has 2 aromatic rings. The fourth-order valence-corrected chi connectivity index (χ4v) is 1.46. The summed E-state index contributed by atoms with van der Waals surface area (Å²) in [5.41, 5.74) is 1.60. The number of imidazole rings is 1. The lowest BCUT2D eigenvalue weighted by molar-refractivity contribution is -0.114. The Kier molecular flexibility index (Phi) is 3.38. The molecule has 1 aromatic carbocycles. The fraction of sp³-hybridized carbons (Fsp3) is 0.0833. The summed E-state index contributed by atoms with van der Waals surface area (Å²) in [6.45, 7) is 1.43. The van der Waals surface area contributed by atoms with Crippen molar-refractivity contribution in [3.05, 3.63) is 42.5 Å². The van der Waals surface area contributed by atoms with Crippen molar-refractivity contribution in [1.82, 2.24) is 9.97 Å². The lowest BCUT2D eigenvalue weighted by Crippen LogP contribution is -2.12. The number of anilines is 2. The number of nitrogens with zero attached hydrogens (tertiary/aromatic N) is 1. The van der Waals surface area contributed by atoms with Gasteiger partial charge in [0.15, 0.2) is 0 Å². The molecule has 0 spiro atoms. The van der Waals surface area contributed by atoms with Crippen LogP contribution in [0.15, 0.2) is 36.8 Å². The molecule has 92 valence electrons. The van der Waals surface area contributed by atoms with Crippen LogP contribution in [0.3, 0.4) is 0 Å². The van der Waals surface area contributed by atoms with Crippen LogP contribution in [0.2, 0.25) is 0 Å². The van der Waals surface area contributed by atoms with E-state index in [1.165, 1.54) is 19.4 Å². The zero-order valence-electron chi connectivity index (χ0n) is 9.73. The van der Waals surface area contributed by atoms with E-state index in [0.29, 0.717) is 17.1 Å². The highest BCUT2D eigenvalue weighted by molar-refractivity contribution is 6.03. The molecule has 0 aliphatic carbocycles. The van der Waals surface area contributed by atoms with Crippen molar-refractivity contribution >= 4 is 23.2 Å². The molecule has 6 heteroatoms. The Morgan fingerprint density at radius 1 is 1.22 bits per heavy atom. The van der Waals surface area contributed by atoms with Crippen molar-refractivity contribution in [2.75, 3.05) is 10.6 Å². The maximum absolute atomic E-state index is 11.7. The molecule has 0 fully saturated rings. The third-order valence-corrected chi connectivity index (χ3v) is 2.18. The van der Waals surface area contributed by atoms with E-state index in [-0.39, 0.29) is 11.8 Å². The van der Waals surface area contributed by atoms with Gasteiger partial charge in [0, 0.05) is 18.3 Å². The number of hydrogen-bond donors (Lipinski definition) is 3. The molecule has 3 N–H and O–H groups in total. The highest BCUT2D eigenvalue weighted by Gasteiger charge is 2.07. The first-order valence-electron chi connectivity index (χ1n) is 5.32. The third kappa shape index (κ3) is 2.94. The summed E-state index contributed by atoms with van der Waals surface area (Å²) in [5.74, 6) is -0.445. The average Bonchev–Trinajstić information content (AvgIpc) is 2.81. The van der Waals surface area contributed by atoms with E-state index in [9.17, 15) is 9.59 Å². The number of amides is 2. The smallest absolute Gasteiger partial charge is 0.273 e. The number of aromatic amines is 1. The largest absolute Gasteiger partial charge is 0.341 e. The van der Waals surface area contributed by atoms with Crippen LogP contribution in [-0.2, 0) is 4.79 Å². The highest BCUT2D eigenvalue weighted by Crippen LogP contribution is 2.15. The van der Waals surface area contributed by atoms with Gasteiger partial charge in [-0.1, -0.05) is 6.07 Å². The van der Waals surface area contributed by atoms with Crippen molar-refractivity contribution in [1.29, 1.82) is 0 Å². The van der Waals surface area contributed by atoms with Gasteiger partial charge in [-0.25, -0.2) is 4.98 Å². The lowest BCUT2D eigenvalue weighted by atomic mass is 10.2. The van der Waals surface area contributed by atoms with Crippen LogP contribution in [0, 0.1) is 0 Å². The summed E-state index contributed by atoms with van der Waals surface area (Å²) >= 11 is 0. The van der Waals surface area contributed by atoms with Crippen LogP contribution in [0.5, 0.6) is 0 Å². The molecule has 2 rings (SSSR count).